The summed E-state index contributed by atoms with van der Waals surface area (Å²) >= 11 is 1.54. The Kier molecular flexibility index (Phi) is 4.44. The molecule has 1 aliphatic rings. The smallest absolute Gasteiger partial charge is 0.190 e. The van der Waals surface area contributed by atoms with Crippen molar-refractivity contribution < 1.29 is 12.8 Å². The van der Waals surface area contributed by atoms with Crippen LogP contribution in [0.15, 0.2) is 40.6 Å². The standard InChI is InChI=1S/C16H19FN2O2S2/c1-18(2)8-9-19-11-15(12-7-10-22-16(12)19)23(20,21)14-6-4-3-5-13(14)17/h3-7,10,15H,8-9,11H2,1-2H3. The number of sulfone groups is 1. The fraction of sp³-hybridized carbons (Fsp3) is 0.375. The SMILES string of the molecule is CN(C)CCN1CC(S(=O)(=O)c2ccccc2F)c2ccsc21. The molecule has 0 amide bonds. The zero-order valence-corrected chi connectivity index (χ0v) is 14.7. The fourth-order valence-corrected chi connectivity index (χ4v) is 5.70. The molecule has 0 radical (unpaired) electrons. The number of hydrogen-bond acceptors (Lipinski definition) is 5. The van der Waals surface area contributed by atoms with Gasteiger partial charge >= 0.3 is 0 Å². The third kappa shape index (κ3) is 3.00. The van der Waals surface area contributed by atoms with Crippen molar-refractivity contribution in [3.05, 3.63) is 47.1 Å². The van der Waals surface area contributed by atoms with E-state index in [0.717, 1.165) is 23.7 Å². The molecule has 0 fully saturated rings. The molecule has 0 N–H and O–H groups in total. The minimum absolute atomic E-state index is 0.211. The molecule has 1 unspecified atom stereocenters. The van der Waals surface area contributed by atoms with Gasteiger partial charge in [0.25, 0.3) is 0 Å². The zero-order chi connectivity index (χ0) is 16.6. The summed E-state index contributed by atoms with van der Waals surface area (Å²) < 4.78 is 39.8. The summed E-state index contributed by atoms with van der Waals surface area (Å²) in [6, 6.07) is 7.45. The number of halogens is 1. The number of fused-ring (bicyclic) bond motifs is 1. The van der Waals surface area contributed by atoms with Gasteiger partial charge in [-0.25, -0.2) is 12.8 Å². The van der Waals surface area contributed by atoms with E-state index in [0.29, 0.717) is 6.54 Å². The van der Waals surface area contributed by atoms with Gasteiger partial charge in [0.2, 0.25) is 0 Å². The van der Waals surface area contributed by atoms with E-state index in [1.54, 1.807) is 17.4 Å². The minimum atomic E-state index is -3.75. The Hall–Kier alpha value is -1.44. The quantitative estimate of drug-likeness (QED) is 0.828. The molecule has 3 rings (SSSR count). The molecule has 0 saturated heterocycles. The fourth-order valence-electron chi connectivity index (χ4n) is 2.80. The van der Waals surface area contributed by atoms with E-state index < -0.39 is 20.9 Å². The molecule has 1 aromatic heterocycles. The van der Waals surface area contributed by atoms with Crippen molar-refractivity contribution in [2.75, 3.05) is 38.6 Å². The summed E-state index contributed by atoms with van der Waals surface area (Å²) in [5.41, 5.74) is 0.789. The molecule has 1 aliphatic heterocycles. The summed E-state index contributed by atoms with van der Waals surface area (Å²) in [7, 11) is 0.222. The Labute approximate surface area is 140 Å². The van der Waals surface area contributed by atoms with Gasteiger partial charge < -0.3 is 9.80 Å². The lowest BCUT2D eigenvalue weighted by molar-refractivity contribution is 0.414. The van der Waals surface area contributed by atoms with Crippen molar-refractivity contribution in [3.63, 3.8) is 0 Å². The minimum Gasteiger partial charge on any atom is -0.360 e. The van der Waals surface area contributed by atoms with Crippen LogP contribution in [0, 0.1) is 5.82 Å². The van der Waals surface area contributed by atoms with Crippen LogP contribution < -0.4 is 4.90 Å². The molecule has 1 aromatic carbocycles. The van der Waals surface area contributed by atoms with Crippen LogP contribution in [0.25, 0.3) is 0 Å². The molecule has 4 nitrogen and oxygen atoms in total. The van der Waals surface area contributed by atoms with Gasteiger partial charge in [-0.15, -0.1) is 11.3 Å². The maximum atomic E-state index is 14.0. The average Bonchev–Trinajstić information content (AvgIpc) is 3.07. The Morgan fingerprint density at radius 1 is 1.30 bits per heavy atom. The van der Waals surface area contributed by atoms with Crippen molar-refractivity contribution in [2.24, 2.45) is 0 Å². The first-order valence-electron chi connectivity index (χ1n) is 7.36. The number of nitrogens with zero attached hydrogens (tertiary/aromatic N) is 2. The third-order valence-corrected chi connectivity index (χ3v) is 7.12. The van der Waals surface area contributed by atoms with E-state index in [1.807, 2.05) is 25.5 Å². The average molecular weight is 354 g/mol. The van der Waals surface area contributed by atoms with Crippen molar-refractivity contribution in [1.29, 1.82) is 0 Å². The number of benzene rings is 1. The molecule has 124 valence electrons. The van der Waals surface area contributed by atoms with Crippen LogP contribution in [-0.2, 0) is 9.84 Å². The van der Waals surface area contributed by atoms with Crippen LogP contribution in [0.1, 0.15) is 10.8 Å². The Morgan fingerprint density at radius 3 is 2.74 bits per heavy atom. The number of hydrogen-bond donors (Lipinski definition) is 0. The second kappa shape index (κ2) is 6.22. The Balaban J connectivity index is 1.94. The molecule has 0 saturated carbocycles. The molecule has 23 heavy (non-hydrogen) atoms. The number of rotatable bonds is 5. The first-order chi connectivity index (χ1) is 10.9. The zero-order valence-electron chi connectivity index (χ0n) is 13.1. The first kappa shape index (κ1) is 16.4. The Morgan fingerprint density at radius 2 is 2.04 bits per heavy atom. The second-order valence-electron chi connectivity index (χ2n) is 5.89. The van der Waals surface area contributed by atoms with Crippen molar-refractivity contribution in [2.45, 2.75) is 10.1 Å². The number of likely N-dealkylation sites (N-methyl/N-ethyl adjacent to an activating group) is 1. The van der Waals surface area contributed by atoms with Crippen LogP contribution in [0.5, 0.6) is 0 Å². The van der Waals surface area contributed by atoms with Crippen LogP contribution >= 0.6 is 11.3 Å². The number of anilines is 1. The van der Waals surface area contributed by atoms with Gasteiger partial charge in [0, 0.05) is 25.2 Å². The normalized spacial score (nSPS) is 17.7. The van der Waals surface area contributed by atoms with Gasteiger partial charge in [0.15, 0.2) is 9.84 Å². The predicted octanol–water partition coefficient (Wildman–Crippen LogP) is 2.78. The van der Waals surface area contributed by atoms with Gasteiger partial charge in [0.1, 0.15) is 16.0 Å². The van der Waals surface area contributed by atoms with Crippen LogP contribution in [-0.4, -0.2) is 47.0 Å². The molecule has 1 atom stereocenters. The third-order valence-electron chi connectivity index (χ3n) is 4.03. The van der Waals surface area contributed by atoms with Gasteiger partial charge in [-0.05, 0) is 37.7 Å². The molecule has 2 heterocycles. The van der Waals surface area contributed by atoms with Gasteiger partial charge in [-0.1, -0.05) is 12.1 Å². The molecule has 0 spiro atoms. The molecule has 0 aliphatic carbocycles. The van der Waals surface area contributed by atoms with E-state index in [9.17, 15) is 12.8 Å². The predicted molar refractivity (Wildman–Crippen MR) is 91.4 cm³/mol. The van der Waals surface area contributed by atoms with Crippen molar-refractivity contribution in [1.82, 2.24) is 4.90 Å². The highest BCUT2D eigenvalue weighted by atomic mass is 32.2. The lowest BCUT2D eigenvalue weighted by Crippen LogP contribution is -2.32. The summed E-state index contributed by atoms with van der Waals surface area (Å²) in [5.74, 6) is -0.684. The first-order valence-corrected chi connectivity index (χ1v) is 9.79. The van der Waals surface area contributed by atoms with Gasteiger partial charge in [0.05, 0.1) is 5.00 Å². The summed E-state index contributed by atoms with van der Waals surface area (Å²) in [5, 5.41) is 2.18. The highest BCUT2D eigenvalue weighted by Gasteiger charge is 2.40. The maximum Gasteiger partial charge on any atom is 0.190 e. The monoisotopic (exact) mass is 354 g/mol. The van der Waals surface area contributed by atoms with E-state index in [1.165, 1.54) is 18.2 Å². The van der Waals surface area contributed by atoms with E-state index in [4.69, 9.17) is 0 Å². The highest BCUT2D eigenvalue weighted by Crippen LogP contribution is 2.45. The molecular weight excluding hydrogens is 335 g/mol. The number of thiophene rings is 1. The molecular formula is C16H19FN2O2S2. The van der Waals surface area contributed by atoms with Gasteiger partial charge in [-0.2, -0.15) is 0 Å². The van der Waals surface area contributed by atoms with E-state index in [-0.39, 0.29) is 4.90 Å². The van der Waals surface area contributed by atoms with E-state index >= 15 is 0 Å². The van der Waals surface area contributed by atoms with Crippen molar-refractivity contribution in [3.8, 4) is 0 Å². The van der Waals surface area contributed by atoms with Crippen LogP contribution in [0.3, 0.4) is 0 Å². The lowest BCUT2D eigenvalue weighted by atomic mass is 10.3. The van der Waals surface area contributed by atoms with Crippen molar-refractivity contribution >= 4 is 26.2 Å². The summed E-state index contributed by atoms with van der Waals surface area (Å²) in [6.07, 6.45) is 0. The summed E-state index contributed by atoms with van der Waals surface area (Å²) in [4.78, 5) is 3.94. The summed E-state index contributed by atoms with van der Waals surface area (Å²) in [6.45, 7) is 1.97. The molecule has 0 bridgehead atoms. The molecule has 2 aromatic rings. The second-order valence-corrected chi connectivity index (χ2v) is 8.89. The largest absolute Gasteiger partial charge is 0.360 e. The Bertz CT molecular complexity index is 802. The highest BCUT2D eigenvalue weighted by molar-refractivity contribution is 7.91. The maximum absolute atomic E-state index is 14.0. The van der Waals surface area contributed by atoms with Crippen LogP contribution in [0.4, 0.5) is 9.39 Å². The van der Waals surface area contributed by atoms with Crippen LogP contribution in [0.2, 0.25) is 0 Å². The lowest BCUT2D eigenvalue weighted by Gasteiger charge is -2.21. The molecule has 7 heteroatoms. The topological polar surface area (TPSA) is 40.6 Å². The van der Waals surface area contributed by atoms with Gasteiger partial charge in [-0.3, -0.25) is 0 Å². The van der Waals surface area contributed by atoms with E-state index in [2.05, 4.69) is 9.80 Å².